The fourth-order valence-corrected chi connectivity index (χ4v) is 2.18. The van der Waals surface area contributed by atoms with Crippen molar-refractivity contribution in [2.45, 2.75) is 26.3 Å². The molecule has 0 fully saturated rings. The first-order chi connectivity index (χ1) is 9.59. The number of rotatable bonds is 4. The van der Waals surface area contributed by atoms with Gasteiger partial charge in [0.1, 0.15) is 0 Å². The van der Waals surface area contributed by atoms with Crippen LogP contribution in [0, 0.1) is 10.1 Å². The van der Waals surface area contributed by atoms with E-state index in [4.69, 9.17) is 23.2 Å². The molecule has 0 atom stereocenters. The fourth-order valence-electron chi connectivity index (χ4n) is 1.77. The molecule has 0 N–H and O–H groups in total. The third-order valence-corrected chi connectivity index (χ3v) is 3.62. The van der Waals surface area contributed by atoms with Crippen LogP contribution in [-0.2, 0) is 0 Å². The molecule has 21 heavy (non-hydrogen) atoms. The van der Waals surface area contributed by atoms with E-state index in [0.717, 1.165) is 12.1 Å². The Morgan fingerprint density at radius 2 is 2.00 bits per heavy atom. The average molecular weight is 331 g/mol. The van der Waals surface area contributed by atoms with Gasteiger partial charge < -0.3 is 4.90 Å². The summed E-state index contributed by atoms with van der Waals surface area (Å²) in [6, 6.07) is 2.26. The Labute approximate surface area is 133 Å². The molecule has 0 unspecified atom stereocenters. The molecular formula is C14H16Cl2N2O3. The number of carbonyl (C=O) groups is 1. The zero-order valence-electron chi connectivity index (χ0n) is 12.0. The number of nitrogens with zero attached hydrogens (tertiary/aromatic N) is 2. The second kappa shape index (κ2) is 6.45. The van der Waals surface area contributed by atoms with Gasteiger partial charge >= 0.3 is 0 Å². The van der Waals surface area contributed by atoms with Gasteiger partial charge in [-0.2, -0.15) is 0 Å². The quantitative estimate of drug-likeness (QED) is 0.469. The maximum Gasteiger partial charge on any atom is 0.271 e. The number of hydrogen-bond donors (Lipinski definition) is 0. The van der Waals surface area contributed by atoms with E-state index in [9.17, 15) is 14.9 Å². The number of nitro benzene ring substituents is 1. The van der Waals surface area contributed by atoms with E-state index < -0.39 is 16.4 Å². The Bertz CT molecular complexity index is 595. The Hall–Kier alpha value is -1.59. The van der Waals surface area contributed by atoms with Gasteiger partial charge in [-0.25, -0.2) is 0 Å². The van der Waals surface area contributed by atoms with Crippen LogP contribution in [0.1, 0.15) is 31.1 Å². The third kappa shape index (κ3) is 3.95. The fraction of sp³-hybridized carbons (Fsp3) is 0.357. The van der Waals surface area contributed by atoms with Gasteiger partial charge in [0.05, 0.1) is 20.5 Å². The van der Waals surface area contributed by atoms with Gasteiger partial charge in [0.2, 0.25) is 0 Å². The number of nitro groups is 1. The standard InChI is InChI=1S/C14H16Cl2N2O3/c1-5-6-17(14(2,3)4)13(19)10-7-9(18(20)21)8-11(15)12(10)16/h5,7-8H,1,6H2,2-4H3. The third-order valence-electron chi connectivity index (χ3n) is 2.82. The minimum absolute atomic E-state index is 0.00517. The van der Waals surface area contributed by atoms with Gasteiger partial charge in [-0.05, 0) is 20.8 Å². The maximum absolute atomic E-state index is 12.6. The molecule has 1 aromatic rings. The molecule has 0 aromatic heterocycles. The van der Waals surface area contributed by atoms with Gasteiger partial charge in [-0.1, -0.05) is 29.3 Å². The Kier molecular flexibility index (Phi) is 5.36. The van der Waals surface area contributed by atoms with Crippen LogP contribution in [0.4, 0.5) is 5.69 Å². The Morgan fingerprint density at radius 3 is 2.43 bits per heavy atom. The minimum atomic E-state index is -0.617. The molecule has 0 saturated heterocycles. The van der Waals surface area contributed by atoms with Crippen molar-refractivity contribution in [3.05, 3.63) is 50.5 Å². The van der Waals surface area contributed by atoms with Gasteiger partial charge in [-0.15, -0.1) is 6.58 Å². The smallest absolute Gasteiger partial charge is 0.271 e. The zero-order valence-corrected chi connectivity index (χ0v) is 13.5. The normalized spacial score (nSPS) is 11.1. The molecule has 0 spiro atoms. The Morgan fingerprint density at radius 1 is 1.43 bits per heavy atom. The molecule has 7 heteroatoms. The highest BCUT2D eigenvalue weighted by Gasteiger charge is 2.29. The van der Waals surface area contributed by atoms with Crippen LogP contribution in [0.2, 0.25) is 10.0 Å². The molecule has 0 bridgehead atoms. The summed E-state index contributed by atoms with van der Waals surface area (Å²) in [6.07, 6.45) is 1.58. The Balaban J connectivity index is 3.40. The van der Waals surface area contributed by atoms with Crippen molar-refractivity contribution in [3.8, 4) is 0 Å². The van der Waals surface area contributed by atoms with E-state index in [1.165, 1.54) is 4.90 Å². The van der Waals surface area contributed by atoms with Gasteiger partial charge in [0.15, 0.2) is 0 Å². The SMILES string of the molecule is C=CCN(C(=O)c1cc([N+](=O)[O-])cc(Cl)c1Cl)C(C)(C)C. The number of halogens is 2. The van der Waals surface area contributed by atoms with Crippen molar-refractivity contribution >= 4 is 34.8 Å². The lowest BCUT2D eigenvalue weighted by molar-refractivity contribution is -0.384. The number of non-ortho nitro benzene ring substituents is 1. The summed E-state index contributed by atoms with van der Waals surface area (Å²) in [5.74, 6) is -0.432. The highest BCUT2D eigenvalue weighted by molar-refractivity contribution is 6.44. The zero-order chi connectivity index (χ0) is 16.4. The molecule has 0 aliphatic carbocycles. The van der Waals surface area contributed by atoms with E-state index in [-0.39, 0.29) is 21.3 Å². The molecule has 1 amide bonds. The minimum Gasteiger partial charge on any atom is -0.330 e. The van der Waals surface area contributed by atoms with Crippen molar-refractivity contribution in [1.82, 2.24) is 4.90 Å². The lowest BCUT2D eigenvalue weighted by atomic mass is 10.0. The summed E-state index contributed by atoms with van der Waals surface area (Å²) in [7, 11) is 0. The van der Waals surface area contributed by atoms with Crippen molar-refractivity contribution in [2.75, 3.05) is 6.54 Å². The molecule has 1 rings (SSSR count). The molecular weight excluding hydrogens is 315 g/mol. The van der Waals surface area contributed by atoms with Crippen LogP contribution in [0.3, 0.4) is 0 Å². The topological polar surface area (TPSA) is 63.5 Å². The van der Waals surface area contributed by atoms with Crippen LogP contribution >= 0.6 is 23.2 Å². The number of carbonyl (C=O) groups excluding carboxylic acids is 1. The molecule has 0 heterocycles. The van der Waals surface area contributed by atoms with Crippen molar-refractivity contribution in [1.29, 1.82) is 0 Å². The second-order valence-corrected chi connectivity index (χ2v) is 6.21. The van der Waals surface area contributed by atoms with Crippen LogP contribution in [0.25, 0.3) is 0 Å². The van der Waals surface area contributed by atoms with Gasteiger partial charge in [0, 0.05) is 24.2 Å². The lowest BCUT2D eigenvalue weighted by Gasteiger charge is -2.35. The number of hydrogen-bond acceptors (Lipinski definition) is 3. The summed E-state index contributed by atoms with van der Waals surface area (Å²) in [5.41, 5.74) is -0.765. The van der Waals surface area contributed by atoms with Crippen LogP contribution in [-0.4, -0.2) is 27.8 Å². The highest BCUT2D eigenvalue weighted by atomic mass is 35.5. The number of amides is 1. The molecule has 0 aliphatic rings. The monoisotopic (exact) mass is 330 g/mol. The largest absolute Gasteiger partial charge is 0.330 e. The van der Waals surface area contributed by atoms with E-state index in [0.29, 0.717) is 6.54 Å². The van der Waals surface area contributed by atoms with Gasteiger partial charge in [0.25, 0.3) is 11.6 Å². The summed E-state index contributed by atoms with van der Waals surface area (Å²) in [6.45, 7) is 9.45. The van der Waals surface area contributed by atoms with E-state index in [2.05, 4.69) is 6.58 Å². The van der Waals surface area contributed by atoms with E-state index in [1.807, 2.05) is 20.8 Å². The molecule has 114 valence electrons. The first-order valence-corrected chi connectivity index (χ1v) is 6.91. The molecule has 1 aromatic carbocycles. The van der Waals surface area contributed by atoms with Crippen LogP contribution in [0.15, 0.2) is 24.8 Å². The summed E-state index contributed by atoms with van der Waals surface area (Å²) < 4.78 is 0. The van der Waals surface area contributed by atoms with Crippen molar-refractivity contribution in [2.24, 2.45) is 0 Å². The first-order valence-electron chi connectivity index (χ1n) is 6.16. The molecule has 5 nitrogen and oxygen atoms in total. The highest BCUT2D eigenvalue weighted by Crippen LogP contribution is 2.32. The lowest BCUT2D eigenvalue weighted by Crippen LogP contribution is -2.45. The summed E-state index contributed by atoms with van der Waals surface area (Å²) >= 11 is 11.9. The van der Waals surface area contributed by atoms with Gasteiger partial charge in [-0.3, -0.25) is 14.9 Å². The molecule has 0 aliphatic heterocycles. The summed E-state index contributed by atoms with van der Waals surface area (Å²) in [5, 5.41) is 10.9. The first kappa shape index (κ1) is 17.5. The molecule has 0 saturated carbocycles. The number of benzene rings is 1. The average Bonchev–Trinajstić information content (AvgIpc) is 2.36. The van der Waals surface area contributed by atoms with Crippen LogP contribution in [0.5, 0.6) is 0 Å². The summed E-state index contributed by atoms with van der Waals surface area (Å²) in [4.78, 5) is 24.4. The maximum atomic E-state index is 12.6. The molecule has 0 radical (unpaired) electrons. The van der Waals surface area contributed by atoms with Crippen LogP contribution < -0.4 is 0 Å². The van der Waals surface area contributed by atoms with Crippen molar-refractivity contribution < 1.29 is 9.72 Å². The van der Waals surface area contributed by atoms with E-state index in [1.54, 1.807) is 6.08 Å². The van der Waals surface area contributed by atoms with E-state index >= 15 is 0 Å². The van der Waals surface area contributed by atoms with Crippen molar-refractivity contribution in [3.63, 3.8) is 0 Å². The predicted octanol–water partition coefficient (Wildman–Crippen LogP) is 4.33. The predicted molar refractivity (Wildman–Crippen MR) is 84.1 cm³/mol. The second-order valence-electron chi connectivity index (χ2n) is 5.42.